The maximum atomic E-state index is 12.0. The van der Waals surface area contributed by atoms with E-state index >= 15 is 0 Å². The van der Waals surface area contributed by atoms with Crippen LogP contribution in [0.4, 0.5) is 0 Å². The topological polar surface area (TPSA) is 87.9 Å². The fourth-order valence-electron chi connectivity index (χ4n) is 3.22. The lowest BCUT2D eigenvalue weighted by atomic mass is 10.0. The molecule has 3 heterocycles. The summed E-state index contributed by atoms with van der Waals surface area (Å²) in [6, 6.07) is 5.76. The lowest BCUT2D eigenvalue weighted by molar-refractivity contribution is 0.215. The second kappa shape index (κ2) is 7.75. The lowest BCUT2D eigenvalue weighted by Crippen LogP contribution is -2.40. The molecule has 0 aromatic carbocycles. The number of nitriles is 1. The van der Waals surface area contributed by atoms with Crippen LogP contribution in [0.5, 0.6) is 0 Å². The normalized spacial score (nSPS) is 15.9. The molecule has 1 aliphatic rings. The molecule has 1 fully saturated rings. The van der Waals surface area contributed by atoms with Crippen molar-refractivity contribution in [2.75, 3.05) is 19.6 Å². The van der Waals surface area contributed by atoms with Gasteiger partial charge in [0.25, 0.3) is 5.56 Å². The number of halogens is 1. The smallest absolute Gasteiger partial charge is 0.250 e. The first kappa shape index (κ1) is 18.4. The van der Waals surface area contributed by atoms with Gasteiger partial charge in [-0.2, -0.15) is 5.26 Å². The van der Waals surface area contributed by atoms with Crippen molar-refractivity contribution < 1.29 is 0 Å². The van der Waals surface area contributed by atoms with Crippen LogP contribution in [-0.4, -0.2) is 40.1 Å². The molecule has 7 heteroatoms. The third-order valence-corrected chi connectivity index (χ3v) is 4.67. The zero-order chi connectivity index (χ0) is 16.4. The number of nitrogens with two attached hydrogens (primary N) is 1. The molecule has 0 atom stereocenters. The van der Waals surface area contributed by atoms with Crippen LogP contribution >= 0.6 is 12.4 Å². The van der Waals surface area contributed by atoms with E-state index in [2.05, 4.69) is 16.0 Å². The second-order valence-electron chi connectivity index (χ2n) is 6.16. The Morgan fingerprint density at radius 1 is 1.38 bits per heavy atom. The molecule has 0 spiro atoms. The molecule has 0 bridgehead atoms. The lowest BCUT2D eigenvalue weighted by Gasteiger charge is -2.30. The molecule has 1 aliphatic heterocycles. The summed E-state index contributed by atoms with van der Waals surface area (Å²) in [5.74, 6) is 0. The summed E-state index contributed by atoms with van der Waals surface area (Å²) in [5.41, 5.74) is 8.84. The first-order chi connectivity index (χ1) is 11.1. The van der Waals surface area contributed by atoms with Gasteiger partial charge in [-0.1, -0.05) is 0 Å². The number of aryl methyl sites for hydroxylation is 1. The Hall–Kier alpha value is -1.94. The molecule has 0 radical (unpaired) electrons. The quantitative estimate of drug-likeness (QED) is 0.901. The van der Waals surface area contributed by atoms with Gasteiger partial charge in [-0.3, -0.25) is 9.78 Å². The molecule has 0 aliphatic carbocycles. The van der Waals surface area contributed by atoms with E-state index in [1.807, 2.05) is 0 Å². The molecular formula is C17H22ClN5O. The van der Waals surface area contributed by atoms with Crippen LogP contribution < -0.4 is 11.3 Å². The fourth-order valence-corrected chi connectivity index (χ4v) is 3.22. The molecule has 2 aromatic rings. The third kappa shape index (κ3) is 3.59. The Morgan fingerprint density at radius 2 is 2.08 bits per heavy atom. The zero-order valence-corrected chi connectivity index (χ0v) is 14.6. The summed E-state index contributed by atoms with van der Waals surface area (Å²) in [7, 11) is 1.73. The number of aromatic nitrogens is 2. The summed E-state index contributed by atoms with van der Waals surface area (Å²) < 4.78 is 1.59. The van der Waals surface area contributed by atoms with E-state index in [9.17, 15) is 10.1 Å². The van der Waals surface area contributed by atoms with E-state index < -0.39 is 0 Å². The molecular weight excluding hydrogens is 326 g/mol. The predicted molar refractivity (Wildman–Crippen MR) is 96.3 cm³/mol. The molecule has 24 heavy (non-hydrogen) atoms. The highest BCUT2D eigenvalue weighted by Gasteiger charge is 2.18. The highest BCUT2D eigenvalue weighted by molar-refractivity contribution is 5.85. The number of rotatable bonds is 3. The summed E-state index contributed by atoms with van der Waals surface area (Å²) in [6.45, 7) is 2.85. The van der Waals surface area contributed by atoms with E-state index in [1.165, 1.54) is 6.07 Å². The molecule has 0 amide bonds. The monoisotopic (exact) mass is 347 g/mol. The average Bonchev–Trinajstić information content (AvgIpc) is 2.57. The Kier molecular flexibility index (Phi) is 5.94. The molecule has 1 saturated heterocycles. The Labute approximate surface area is 147 Å². The maximum absolute atomic E-state index is 12.0. The van der Waals surface area contributed by atoms with Crippen molar-refractivity contribution in [1.29, 1.82) is 5.26 Å². The van der Waals surface area contributed by atoms with Gasteiger partial charge in [0.1, 0.15) is 6.07 Å². The molecule has 2 aromatic heterocycles. The SMILES string of the molecule is Cl.Cn1c(=O)ccc2ncc(C#N)c(CCN3CCC(N)CC3)c21. The minimum atomic E-state index is -0.0837. The van der Waals surface area contributed by atoms with E-state index in [4.69, 9.17) is 5.73 Å². The van der Waals surface area contributed by atoms with Crippen LogP contribution in [0.25, 0.3) is 11.0 Å². The first-order valence-corrected chi connectivity index (χ1v) is 7.96. The zero-order valence-electron chi connectivity index (χ0n) is 13.7. The van der Waals surface area contributed by atoms with Crippen LogP contribution in [0.2, 0.25) is 0 Å². The van der Waals surface area contributed by atoms with Crippen molar-refractivity contribution in [2.24, 2.45) is 12.8 Å². The highest BCUT2D eigenvalue weighted by atomic mass is 35.5. The van der Waals surface area contributed by atoms with E-state index in [-0.39, 0.29) is 18.0 Å². The van der Waals surface area contributed by atoms with Crippen LogP contribution in [0, 0.1) is 11.3 Å². The first-order valence-electron chi connectivity index (χ1n) is 7.96. The number of hydrogen-bond donors (Lipinski definition) is 1. The van der Waals surface area contributed by atoms with Gasteiger partial charge >= 0.3 is 0 Å². The van der Waals surface area contributed by atoms with Crippen molar-refractivity contribution in [3.05, 3.63) is 39.8 Å². The van der Waals surface area contributed by atoms with Gasteiger partial charge < -0.3 is 15.2 Å². The van der Waals surface area contributed by atoms with Gasteiger partial charge in [0.15, 0.2) is 0 Å². The van der Waals surface area contributed by atoms with Gasteiger partial charge in [-0.25, -0.2) is 0 Å². The molecule has 6 nitrogen and oxygen atoms in total. The van der Waals surface area contributed by atoms with Crippen molar-refractivity contribution in [2.45, 2.75) is 25.3 Å². The fraction of sp³-hybridized carbons (Fsp3) is 0.471. The summed E-state index contributed by atoms with van der Waals surface area (Å²) in [5, 5.41) is 9.40. The van der Waals surface area contributed by atoms with E-state index in [0.29, 0.717) is 11.6 Å². The summed E-state index contributed by atoms with van der Waals surface area (Å²) in [4.78, 5) is 18.6. The van der Waals surface area contributed by atoms with Gasteiger partial charge in [0.05, 0.1) is 16.6 Å². The molecule has 128 valence electrons. The molecule has 0 unspecified atom stereocenters. The van der Waals surface area contributed by atoms with Crippen LogP contribution in [-0.2, 0) is 13.5 Å². The van der Waals surface area contributed by atoms with E-state index in [1.54, 1.807) is 23.9 Å². The van der Waals surface area contributed by atoms with E-state index in [0.717, 1.165) is 55.5 Å². The van der Waals surface area contributed by atoms with Crippen molar-refractivity contribution >= 4 is 23.4 Å². The highest BCUT2D eigenvalue weighted by Crippen LogP contribution is 2.20. The van der Waals surface area contributed by atoms with Crippen molar-refractivity contribution in [1.82, 2.24) is 14.5 Å². The minimum Gasteiger partial charge on any atom is -0.328 e. The summed E-state index contributed by atoms with van der Waals surface area (Å²) in [6.07, 6.45) is 4.37. The number of hydrogen-bond acceptors (Lipinski definition) is 5. The van der Waals surface area contributed by atoms with Crippen molar-refractivity contribution in [3.63, 3.8) is 0 Å². The van der Waals surface area contributed by atoms with Gasteiger partial charge in [-0.05, 0) is 44.0 Å². The number of likely N-dealkylation sites (tertiary alicyclic amines) is 1. The Morgan fingerprint density at radius 3 is 2.75 bits per heavy atom. The number of nitrogens with zero attached hydrogens (tertiary/aromatic N) is 4. The molecule has 0 saturated carbocycles. The predicted octanol–water partition coefficient (Wildman–Crippen LogP) is 1.19. The van der Waals surface area contributed by atoms with Gasteiger partial charge in [0, 0.05) is 31.9 Å². The maximum Gasteiger partial charge on any atom is 0.250 e. The van der Waals surface area contributed by atoms with Crippen LogP contribution in [0.3, 0.4) is 0 Å². The van der Waals surface area contributed by atoms with Crippen molar-refractivity contribution in [3.8, 4) is 6.07 Å². The third-order valence-electron chi connectivity index (χ3n) is 4.67. The second-order valence-corrected chi connectivity index (χ2v) is 6.16. The number of piperidine rings is 1. The summed E-state index contributed by atoms with van der Waals surface area (Å²) >= 11 is 0. The van der Waals surface area contributed by atoms with Gasteiger partial charge in [-0.15, -0.1) is 12.4 Å². The average molecular weight is 348 g/mol. The number of fused-ring (bicyclic) bond motifs is 1. The number of pyridine rings is 2. The minimum absolute atomic E-state index is 0. The standard InChI is InChI=1S/C17H21N5O.ClH/c1-21-16(23)3-2-15-17(21)14(12(10-18)11-20-15)6-9-22-7-4-13(19)5-8-22;/h2-3,11,13H,4-9,19H2,1H3;1H. The van der Waals surface area contributed by atoms with Crippen LogP contribution in [0.1, 0.15) is 24.0 Å². The van der Waals surface area contributed by atoms with Crippen LogP contribution in [0.15, 0.2) is 23.1 Å². The Balaban J connectivity index is 0.00000208. The molecule has 2 N–H and O–H groups in total. The Bertz CT molecular complexity index is 818. The largest absolute Gasteiger partial charge is 0.328 e. The van der Waals surface area contributed by atoms with Gasteiger partial charge in [0.2, 0.25) is 0 Å². The molecule has 3 rings (SSSR count).